The number of carbonyl (C=O) groups excluding carboxylic acids is 1. The summed E-state index contributed by atoms with van der Waals surface area (Å²) in [7, 11) is -0.373. The van der Waals surface area contributed by atoms with Crippen molar-refractivity contribution >= 4 is 16.0 Å². The van der Waals surface area contributed by atoms with E-state index in [0.717, 1.165) is 0 Å². The van der Waals surface area contributed by atoms with Crippen LogP contribution in [0.3, 0.4) is 0 Å². The highest BCUT2D eigenvalue weighted by Crippen LogP contribution is 2.17. The molecule has 0 aliphatic carbocycles. The van der Waals surface area contributed by atoms with Crippen molar-refractivity contribution in [3.8, 4) is 0 Å². The van der Waals surface area contributed by atoms with Crippen LogP contribution in [0.15, 0.2) is 17.2 Å². The van der Waals surface area contributed by atoms with Crippen LogP contribution in [0.4, 0.5) is 0 Å². The molecule has 2 N–H and O–H groups in total. The number of rotatable bonds is 6. The minimum absolute atomic E-state index is 0.0435. The number of carbonyl (C=O) groups is 1. The van der Waals surface area contributed by atoms with Gasteiger partial charge in [-0.25, -0.2) is 13.2 Å². The fourth-order valence-electron chi connectivity index (χ4n) is 1.54. The highest BCUT2D eigenvalue weighted by molar-refractivity contribution is 7.89. The third-order valence-electron chi connectivity index (χ3n) is 2.66. The summed E-state index contributed by atoms with van der Waals surface area (Å²) in [5.41, 5.74) is -0.518. The summed E-state index contributed by atoms with van der Waals surface area (Å²) in [6.07, 6.45) is 1.30. The van der Waals surface area contributed by atoms with E-state index in [4.69, 9.17) is 4.74 Å². The molecule has 0 aliphatic heterocycles. The van der Waals surface area contributed by atoms with Crippen LogP contribution in [0.2, 0.25) is 0 Å². The summed E-state index contributed by atoms with van der Waals surface area (Å²) in [6.45, 7) is 6.12. The lowest BCUT2D eigenvalue weighted by atomic mass is 10.2. The summed E-state index contributed by atoms with van der Waals surface area (Å²) in [4.78, 5) is 14.6. The van der Waals surface area contributed by atoms with Crippen molar-refractivity contribution in [1.29, 1.82) is 0 Å². The normalized spacial score (nSPS) is 12.7. The van der Waals surface area contributed by atoms with Crippen molar-refractivity contribution in [2.45, 2.75) is 31.3 Å². The number of nitrogens with zero attached hydrogens (tertiary/aromatic N) is 1. The molecule has 21 heavy (non-hydrogen) atoms. The zero-order chi connectivity index (χ0) is 16.3. The number of ether oxygens (including phenoxy) is 1. The SMILES string of the molecule is CNCCN(C)S(=O)(=O)c1c[nH]c(C(=O)OC(C)(C)C)c1. The van der Waals surface area contributed by atoms with E-state index in [1.165, 1.54) is 23.6 Å². The molecule has 8 heteroatoms. The van der Waals surface area contributed by atoms with Gasteiger partial charge in [0.1, 0.15) is 16.2 Å². The number of sulfonamides is 1. The summed E-state index contributed by atoms with van der Waals surface area (Å²) >= 11 is 0. The average molecular weight is 317 g/mol. The largest absolute Gasteiger partial charge is 0.455 e. The Balaban J connectivity index is 2.90. The van der Waals surface area contributed by atoms with Gasteiger partial charge in [0.05, 0.1) is 0 Å². The highest BCUT2D eigenvalue weighted by Gasteiger charge is 2.25. The van der Waals surface area contributed by atoms with Gasteiger partial charge in [-0.15, -0.1) is 0 Å². The van der Waals surface area contributed by atoms with Crippen LogP contribution in [0.1, 0.15) is 31.3 Å². The predicted molar refractivity (Wildman–Crippen MR) is 79.7 cm³/mol. The molecular weight excluding hydrogens is 294 g/mol. The maximum absolute atomic E-state index is 12.3. The van der Waals surface area contributed by atoms with Gasteiger partial charge in [-0.2, -0.15) is 4.31 Å². The summed E-state index contributed by atoms with van der Waals surface area (Å²) < 4.78 is 31.0. The monoisotopic (exact) mass is 317 g/mol. The number of hydrogen-bond acceptors (Lipinski definition) is 5. The first-order valence-corrected chi connectivity index (χ1v) is 8.04. The maximum atomic E-state index is 12.3. The Hall–Kier alpha value is -1.38. The smallest absolute Gasteiger partial charge is 0.355 e. The van der Waals surface area contributed by atoms with E-state index in [1.54, 1.807) is 27.8 Å². The fraction of sp³-hybridized carbons (Fsp3) is 0.615. The van der Waals surface area contributed by atoms with E-state index in [2.05, 4.69) is 10.3 Å². The van der Waals surface area contributed by atoms with Crippen molar-refractivity contribution in [2.75, 3.05) is 27.2 Å². The second-order valence-electron chi connectivity index (χ2n) is 5.68. The van der Waals surface area contributed by atoms with Crippen LogP contribution in [0.25, 0.3) is 0 Å². The van der Waals surface area contributed by atoms with Crippen LogP contribution in [-0.4, -0.2) is 56.5 Å². The minimum Gasteiger partial charge on any atom is -0.455 e. The van der Waals surface area contributed by atoms with E-state index >= 15 is 0 Å². The van der Waals surface area contributed by atoms with E-state index in [-0.39, 0.29) is 10.6 Å². The Kier molecular flexibility index (Phi) is 5.54. The van der Waals surface area contributed by atoms with E-state index in [9.17, 15) is 13.2 Å². The van der Waals surface area contributed by atoms with Gasteiger partial charge in [-0.3, -0.25) is 0 Å². The molecule has 0 unspecified atom stereocenters. The average Bonchev–Trinajstić information content (AvgIpc) is 2.83. The molecule has 0 atom stereocenters. The Morgan fingerprint density at radius 1 is 1.43 bits per heavy atom. The molecule has 0 saturated heterocycles. The van der Waals surface area contributed by atoms with Gasteiger partial charge in [0, 0.05) is 26.3 Å². The van der Waals surface area contributed by atoms with Crippen molar-refractivity contribution in [3.05, 3.63) is 18.0 Å². The first-order valence-electron chi connectivity index (χ1n) is 6.60. The Morgan fingerprint density at radius 3 is 2.57 bits per heavy atom. The van der Waals surface area contributed by atoms with Gasteiger partial charge < -0.3 is 15.0 Å². The second kappa shape index (κ2) is 6.59. The van der Waals surface area contributed by atoms with E-state index in [0.29, 0.717) is 13.1 Å². The van der Waals surface area contributed by atoms with Gasteiger partial charge in [-0.05, 0) is 33.9 Å². The molecule has 7 nitrogen and oxygen atoms in total. The van der Waals surface area contributed by atoms with Gasteiger partial charge in [0.15, 0.2) is 0 Å². The molecule has 0 amide bonds. The van der Waals surface area contributed by atoms with Crippen LogP contribution in [0, 0.1) is 0 Å². The zero-order valence-corrected chi connectivity index (χ0v) is 13.9. The number of nitrogens with one attached hydrogen (secondary N) is 2. The summed E-state index contributed by atoms with van der Waals surface area (Å²) in [5.74, 6) is -0.582. The summed E-state index contributed by atoms with van der Waals surface area (Å²) in [5, 5.41) is 2.88. The standard InChI is InChI=1S/C13H23N3O4S/c1-13(2,3)20-12(17)11-8-10(9-15-11)21(18,19)16(5)7-6-14-4/h8-9,14-15H,6-7H2,1-5H3. The molecule has 0 radical (unpaired) electrons. The van der Waals surface area contributed by atoms with Crippen molar-refractivity contribution in [1.82, 2.24) is 14.6 Å². The molecule has 1 heterocycles. The molecule has 0 fully saturated rings. The van der Waals surface area contributed by atoms with Gasteiger partial charge >= 0.3 is 5.97 Å². The van der Waals surface area contributed by atoms with Crippen molar-refractivity contribution < 1.29 is 17.9 Å². The Bertz CT molecular complexity index is 587. The predicted octanol–water partition coefficient (Wildman–Crippen LogP) is 0.810. The molecule has 0 aromatic carbocycles. The Labute approximate surface area is 125 Å². The number of H-pyrrole nitrogens is 1. The minimum atomic E-state index is -3.61. The van der Waals surface area contributed by atoms with Gasteiger partial charge in [-0.1, -0.05) is 0 Å². The van der Waals surface area contributed by atoms with Crippen LogP contribution in [-0.2, 0) is 14.8 Å². The van der Waals surface area contributed by atoms with Crippen LogP contribution in [0.5, 0.6) is 0 Å². The lowest BCUT2D eigenvalue weighted by Gasteiger charge is -2.18. The van der Waals surface area contributed by atoms with Gasteiger partial charge in [0.2, 0.25) is 10.0 Å². The molecule has 1 aromatic rings. The number of aromatic nitrogens is 1. The summed E-state index contributed by atoms with van der Waals surface area (Å²) in [6, 6.07) is 1.29. The molecule has 120 valence electrons. The lowest BCUT2D eigenvalue weighted by Crippen LogP contribution is -2.32. The molecule has 1 aromatic heterocycles. The topological polar surface area (TPSA) is 91.5 Å². The van der Waals surface area contributed by atoms with Crippen LogP contribution >= 0.6 is 0 Å². The number of esters is 1. The number of hydrogen-bond donors (Lipinski definition) is 2. The quantitative estimate of drug-likeness (QED) is 0.758. The van der Waals surface area contributed by atoms with E-state index in [1.807, 2.05) is 0 Å². The lowest BCUT2D eigenvalue weighted by molar-refractivity contribution is 0.00635. The Morgan fingerprint density at radius 2 is 2.05 bits per heavy atom. The highest BCUT2D eigenvalue weighted by atomic mass is 32.2. The van der Waals surface area contributed by atoms with Crippen molar-refractivity contribution in [2.24, 2.45) is 0 Å². The first-order chi connectivity index (χ1) is 9.58. The molecule has 0 spiro atoms. The van der Waals surface area contributed by atoms with Gasteiger partial charge in [0.25, 0.3) is 0 Å². The molecule has 0 saturated carbocycles. The molecule has 0 bridgehead atoms. The molecule has 0 aliphatic rings. The first kappa shape index (κ1) is 17.7. The maximum Gasteiger partial charge on any atom is 0.355 e. The van der Waals surface area contributed by atoms with E-state index < -0.39 is 21.6 Å². The van der Waals surface area contributed by atoms with Crippen LogP contribution < -0.4 is 5.32 Å². The second-order valence-corrected chi connectivity index (χ2v) is 7.73. The number of likely N-dealkylation sites (N-methyl/N-ethyl adjacent to an activating group) is 2. The zero-order valence-electron chi connectivity index (χ0n) is 13.1. The fourth-order valence-corrected chi connectivity index (χ4v) is 2.71. The molecular formula is C13H23N3O4S. The third-order valence-corrected chi connectivity index (χ3v) is 4.49. The van der Waals surface area contributed by atoms with Crippen molar-refractivity contribution in [3.63, 3.8) is 0 Å². The number of aromatic amines is 1. The third kappa shape index (κ3) is 4.83. The molecule has 1 rings (SSSR count).